The number of rotatable bonds is 7. The second-order valence-electron chi connectivity index (χ2n) is 5.63. The van der Waals surface area contributed by atoms with Gasteiger partial charge in [-0.3, -0.25) is 4.90 Å². The maximum atomic E-state index is 14.4. The quantitative estimate of drug-likeness (QED) is 0.433. The molecular weight excluding hydrogens is 322 g/mol. The summed E-state index contributed by atoms with van der Waals surface area (Å²) in [6.45, 7) is 7.38. The topological polar surface area (TPSA) is 15.3 Å². The van der Waals surface area contributed by atoms with Crippen LogP contribution >= 0.6 is 23.2 Å². The predicted octanol–water partition coefficient (Wildman–Crippen LogP) is 4.83. The fraction of sp³-hybridized carbons (Fsp3) is 0.529. The molecule has 2 rings (SSSR count). The third-order valence-electron chi connectivity index (χ3n) is 4.14. The van der Waals surface area contributed by atoms with E-state index in [2.05, 4.69) is 16.8 Å². The SMILES string of the molecule is C=CCCCC[C@H](c1c(F)ccc(Cl)c1Cl)N1CCNCC1. The summed E-state index contributed by atoms with van der Waals surface area (Å²) < 4.78 is 14.4. The highest BCUT2D eigenvalue weighted by Gasteiger charge is 2.27. The van der Waals surface area contributed by atoms with E-state index < -0.39 is 0 Å². The first-order valence-electron chi connectivity index (χ1n) is 7.84. The van der Waals surface area contributed by atoms with Gasteiger partial charge in [-0.2, -0.15) is 0 Å². The first kappa shape index (κ1) is 17.7. The Morgan fingerprint density at radius 2 is 2.00 bits per heavy atom. The minimum Gasteiger partial charge on any atom is -0.314 e. The third kappa shape index (κ3) is 4.45. The summed E-state index contributed by atoms with van der Waals surface area (Å²) in [4.78, 5) is 2.31. The predicted molar refractivity (Wildman–Crippen MR) is 92.3 cm³/mol. The second-order valence-corrected chi connectivity index (χ2v) is 6.42. The van der Waals surface area contributed by atoms with Crippen molar-refractivity contribution in [2.45, 2.75) is 31.7 Å². The molecule has 1 aliphatic rings. The van der Waals surface area contributed by atoms with Gasteiger partial charge in [-0.15, -0.1) is 6.58 Å². The summed E-state index contributed by atoms with van der Waals surface area (Å²) in [5.74, 6) is -0.262. The summed E-state index contributed by atoms with van der Waals surface area (Å²) in [6, 6.07) is 2.93. The van der Waals surface area contributed by atoms with Crippen LogP contribution in [0.25, 0.3) is 0 Å². The molecule has 122 valence electrons. The lowest BCUT2D eigenvalue weighted by molar-refractivity contribution is 0.160. The van der Waals surface area contributed by atoms with Crippen LogP contribution in [-0.2, 0) is 0 Å². The molecule has 1 aromatic carbocycles. The molecule has 0 saturated carbocycles. The molecule has 0 amide bonds. The van der Waals surface area contributed by atoms with Gasteiger partial charge in [-0.05, 0) is 31.4 Å². The van der Waals surface area contributed by atoms with Crippen LogP contribution in [0.4, 0.5) is 4.39 Å². The fourth-order valence-corrected chi connectivity index (χ4v) is 3.42. The van der Waals surface area contributed by atoms with Crippen LogP contribution in [0.15, 0.2) is 24.8 Å². The molecule has 1 aliphatic heterocycles. The number of halogens is 3. The number of piperazine rings is 1. The number of benzene rings is 1. The van der Waals surface area contributed by atoms with E-state index in [0.717, 1.165) is 51.9 Å². The van der Waals surface area contributed by atoms with Gasteiger partial charge in [0, 0.05) is 37.8 Å². The maximum absolute atomic E-state index is 14.4. The van der Waals surface area contributed by atoms with Gasteiger partial charge < -0.3 is 5.32 Å². The average molecular weight is 345 g/mol. The van der Waals surface area contributed by atoms with Gasteiger partial charge in [0.25, 0.3) is 0 Å². The molecule has 0 radical (unpaired) electrons. The number of unbranched alkanes of at least 4 members (excludes halogenated alkanes) is 2. The summed E-state index contributed by atoms with van der Waals surface area (Å²) in [6.07, 6.45) is 5.87. The lowest BCUT2D eigenvalue weighted by Crippen LogP contribution is -2.45. The van der Waals surface area contributed by atoms with E-state index >= 15 is 0 Å². The Kier molecular flexibility index (Phi) is 7.16. The van der Waals surface area contributed by atoms with Crippen LogP contribution < -0.4 is 5.32 Å². The van der Waals surface area contributed by atoms with Crippen LogP contribution in [0.1, 0.15) is 37.3 Å². The van der Waals surface area contributed by atoms with Crippen LogP contribution in [0.5, 0.6) is 0 Å². The minimum atomic E-state index is -0.262. The summed E-state index contributed by atoms with van der Waals surface area (Å²) in [5.41, 5.74) is 0.551. The average Bonchev–Trinajstić information content (AvgIpc) is 2.54. The van der Waals surface area contributed by atoms with Crippen molar-refractivity contribution in [3.63, 3.8) is 0 Å². The zero-order valence-corrected chi connectivity index (χ0v) is 14.3. The van der Waals surface area contributed by atoms with Crippen LogP contribution in [0, 0.1) is 5.82 Å². The Bertz CT molecular complexity index is 502. The summed E-state index contributed by atoms with van der Waals surface area (Å²) in [5, 5.41) is 4.11. The van der Waals surface area contributed by atoms with Crippen LogP contribution in [-0.4, -0.2) is 31.1 Å². The number of nitrogens with one attached hydrogen (secondary N) is 1. The van der Waals surface area contributed by atoms with E-state index in [1.165, 1.54) is 12.1 Å². The van der Waals surface area contributed by atoms with Crippen molar-refractivity contribution < 1.29 is 4.39 Å². The number of hydrogen-bond donors (Lipinski definition) is 1. The fourth-order valence-electron chi connectivity index (χ4n) is 2.98. The molecule has 22 heavy (non-hydrogen) atoms. The van der Waals surface area contributed by atoms with Gasteiger partial charge in [0.2, 0.25) is 0 Å². The molecule has 1 fully saturated rings. The molecule has 2 nitrogen and oxygen atoms in total. The smallest absolute Gasteiger partial charge is 0.129 e. The molecule has 1 atom stereocenters. The van der Waals surface area contributed by atoms with E-state index in [4.69, 9.17) is 23.2 Å². The molecule has 5 heteroatoms. The lowest BCUT2D eigenvalue weighted by atomic mass is 9.97. The van der Waals surface area contributed by atoms with E-state index in [0.29, 0.717) is 15.6 Å². The van der Waals surface area contributed by atoms with Gasteiger partial charge in [0.1, 0.15) is 5.82 Å². The molecule has 0 bridgehead atoms. The highest BCUT2D eigenvalue weighted by Crippen LogP contribution is 2.37. The number of hydrogen-bond acceptors (Lipinski definition) is 2. The van der Waals surface area contributed by atoms with Crippen molar-refractivity contribution in [2.75, 3.05) is 26.2 Å². The molecule has 1 aromatic rings. The van der Waals surface area contributed by atoms with Crippen molar-refractivity contribution in [3.05, 3.63) is 46.2 Å². The van der Waals surface area contributed by atoms with Gasteiger partial charge >= 0.3 is 0 Å². The van der Waals surface area contributed by atoms with Gasteiger partial charge in [0.05, 0.1) is 10.0 Å². The standard InChI is InChI=1S/C17H23Cl2FN2/c1-2-3-4-5-6-15(22-11-9-21-10-12-22)16-14(20)8-7-13(18)17(16)19/h2,7-8,15,21H,1,3-6,9-12H2/t15-/m1/s1. The summed E-state index contributed by atoms with van der Waals surface area (Å²) in [7, 11) is 0. The molecule has 1 heterocycles. The molecular formula is C17H23Cl2FN2. The highest BCUT2D eigenvalue weighted by atomic mass is 35.5. The minimum absolute atomic E-state index is 0.0156. The monoisotopic (exact) mass is 344 g/mol. The third-order valence-corrected chi connectivity index (χ3v) is 4.96. The molecule has 0 aromatic heterocycles. The van der Waals surface area contributed by atoms with E-state index in [-0.39, 0.29) is 11.9 Å². The second kappa shape index (κ2) is 8.88. The molecule has 0 spiro atoms. The Morgan fingerprint density at radius 1 is 1.27 bits per heavy atom. The normalized spacial score (nSPS) is 17.4. The Balaban J connectivity index is 2.22. The van der Waals surface area contributed by atoms with Crippen molar-refractivity contribution >= 4 is 23.2 Å². The molecule has 1 N–H and O–H groups in total. The number of allylic oxidation sites excluding steroid dienone is 1. The highest BCUT2D eigenvalue weighted by molar-refractivity contribution is 6.42. The zero-order valence-electron chi connectivity index (χ0n) is 12.8. The molecule has 1 saturated heterocycles. The van der Waals surface area contributed by atoms with Gasteiger partial charge in [0.15, 0.2) is 0 Å². The van der Waals surface area contributed by atoms with Crippen molar-refractivity contribution in [1.82, 2.24) is 10.2 Å². The van der Waals surface area contributed by atoms with Crippen molar-refractivity contribution in [2.24, 2.45) is 0 Å². The van der Waals surface area contributed by atoms with Gasteiger partial charge in [-0.1, -0.05) is 35.7 Å². The van der Waals surface area contributed by atoms with E-state index in [9.17, 15) is 4.39 Å². The maximum Gasteiger partial charge on any atom is 0.129 e. The van der Waals surface area contributed by atoms with Crippen LogP contribution in [0.3, 0.4) is 0 Å². The Morgan fingerprint density at radius 3 is 2.68 bits per heavy atom. The zero-order chi connectivity index (χ0) is 15.9. The first-order chi connectivity index (χ1) is 10.6. The van der Waals surface area contributed by atoms with E-state index in [1.54, 1.807) is 0 Å². The lowest BCUT2D eigenvalue weighted by Gasteiger charge is -2.36. The van der Waals surface area contributed by atoms with Crippen molar-refractivity contribution in [3.8, 4) is 0 Å². The van der Waals surface area contributed by atoms with Crippen molar-refractivity contribution in [1.29, 1.82) is 0 Å². The molecule has 0 unspecified atom stereocenters. The molecule has 0 aliphatic carbocycles. The number of nitrogens with zero attached hydrogens (tertiary/aromatic N) is 1. The van der Waals surface area contributed by atoms with Gasteiger partial charge in [-0.25, -0.2) is 4.39 Å². The van der Waals surface area contributed by atoms with Crippen LogP contribution in [0.2, 0.25) is 10.0 Å². The Labute approximate surface area is 142 Å². The Hall–Kier alpha value is -0.610. The van der Waals surface area contributed by atoms with E-state index in [1.807, 2.05) is 6.08 Å². The summed E-state index contributed by atoms with van der Waals surface area (Å²) >= 11 is 12.4. The largest absolute Gasteiger partial charge is 0.314 e. The first-order valence-corrected chi connectivity index (χ1v) is 8.59.